The number of carbonyl (C=O) groups is 2. The van der Waals surface area contributed by atoms with E-state index in [9.17, 15) is 9.59 Å². The predicted molar refractivity (Wildman–Crippen MR) is 146 cm³/mol. The van der Waals surface area contributed by atoms with Gasteiger partial charge in [-0.2, -0.15) is 0 Å². The van der Waals surface area contributed by atoms with Crippen molar-refractivity contribution in [3.63, 3.8) is 0 Å². The van der Waals surface area contributed by atoms with Gasteiger partial charge >= 0.3 is 0 Å². The lowest BCUT2D eigenvalue weighted by Crippen LogP contribution is -2.52. The van der Waals surface area contributed by atoms with E-state index < -0.39 is 6.04 Å². The van der Waals surface area contributed by atoms with Crippen LogP contribution in [0.3, 0.4) is 0 Å². The van der Waals surface area contributed by atoms with E-state index in [2.05, 4.69) is 5.32 Å². The van der Waals surface area contributed by atoms with Crippen molar-refractivity contribution in [1.82, 2.24) is 10.2 Å². The number of halogens is 2. The van der Waals surface area contributed by atoms with Crippen LogP contribution in [0.2, 0.25) is 10.0 Å². The molecule has 2 atom stereocenters. The molecule has 0 heterocycles. The van der Waals surface area contributed by atoms with Gasteiger partial charge in [0, 0.05) is 29.1 Å². The van der Waals surface area contributed by atoms with Gasteiger partial charge < -0.3 is 15.0 Å². The number of hydrogen-bond acceptors (Lipinski definition) is 3. The van der Waals surface area contributed by atoms with Gasteiger partial charge in [0.25, 0.3) is 0 Å². The fourth-order valence-corrected chi connectivity index (χ4v) is 4.45. The largest absolute Gasteiger partial charge is 0.497 e. The van der Waals surface area contributed by atoms with E-state index in [0.717, 1.165) is 17.5 Å². The first-order chi connectivity index (χ1) is 17.3. The van der Waals surface area contributed by atoms with Crippen LogP contribution >= 0.6 is 23.2 Å². The van der Waals surface area contributed by atoms with Gasteiger partial charge in [0.15, 0.2) is 0 Å². The van der Waals surface area contributed by atoms with Crippen molar-refractivity contribution >= 4 is 35.0 Å². The van der Waals surface area contributed by atoms with Crippen LogP contribution in [0, 0.1) is 0 Å². The van der Waals surface area contributed by atoms with Crippen LogP contribution in [0.5, 0.6) is 5.75 Å². The predicted octanol–water partition coefficient (Wildman–Crippen LogP) is 6.10. The summed E-state index contributed by atoms with van der Waals surface area (Å²) in [6.07, 6.45) is 1.13. The molecule has 0 fully saturated rings. The second kappa shape index (κ2) is 13.3. The van der Waals surface area contributed by atoms with Crippen molar-refractivity contribution < 1.29 is 14.3 Å². The zero-order chi connectivity index (χ0) is 26.1. The molecule has 5 nitrogen and oxygen atoms in total. The van der Waals surface area contributed by atoms with Gasteiger partial charge in [-0.3, -0.25) is 9.59 Å². The van der Waals surface area contributed by atoms with Crippen LogP contribution in [-0.4, -0.2) is 35.9 Å². The summed E-state index contributed by atoms with van der Waals surface area (Å²) in [5, 5.41) is 3.91. The van der Waals surface area contributed by atoms with Crippen LogP contribution < -0.4 is 10.1 Å². The number of amides is 2. The molecule has 0 saturated carbocycles. The first-order valence-corrected chi connectivity index (χ1v) is 12.8. The van der Waals surface area contributed by atoms with Crippen LogP contribution in [0.1, 0.15) is 37.0 Å². The summed E-state index contributed by atoms with van der Waals surface area (Å²) in [4.78, 5) is 29.1. The molecule has 0 aromatic heterocycles. The van der Waals surface area contributed by atoms with Gasteiger partial charge in [-0.25, -0.2) is 0 Å². The Morgan fingerprint density at radius 3 is 2.22 bits per heavy atom. The minimum atomic E-state index is -0.735. The Kier molecular flexibility index (Phi) is 10.2. The number of nitrogens with one attached hydrogen (secondary N) is 1. The number of ether oxygens (including phenoxy) is 1. The van der Waals surface area contributed by atoms with Crippen LogP contribution in [0.4, 0.5) is 0 Å². The lowest BCUT2D eigenvalue weighted by molar-refractivity contribution is -0.141. The van der Waals surface area contributed by atoms with Gasteiger partial charge in [0.1, 0.15) is 11.8 Å². The van der Waals surface area contributed by atoms with Gasteiger partial charge in [0.2, 0.25) is 11.8 Å². The molecule has 0 saturated heterocycles. The molecule has 0 spiro atoms. The Morgan fingerprint density at radius 1 is 0.944 bits per heavy atom. The van der Waals surface area contributed by atoms with Crippen LogP contribution in [0.15, 0.2) is 72.8 Å². The second-order valence-corrected chi connectivity index (χ2v) is 9.59. The second-order valence-electron chi connectivity index (χ2n) is 8.77. The normalized spacial score (nSPS) is 12.5. The Morgan fingerprint density at radius 2 is 1.58 bits per heavy atom. The van der Waals surface area contributed by atoms with E-state index in [1.807, 2.05) is 68.4 Å². The molecule has 0 aliphatic heterocycles. The molecule has 3 rings (SSSR count). The zero-order valence-corrected chi connectivity index (χ0v) is 22.4. The quantitative estimate of drug-likeness (QED) is 0.328. The number of methoxy groups -OCH3 is 1. The average molecular weight is 527 g/mol. The van der Waals surface area contributed by atoms with Crippen LogP contribution in [0.25, 0.3) is 0 Å². The summed E-state index contributed by atoms with van der Waals surface area (Å²) in [5.74, 6) is 0.237. The molecule has 190 valence electrons. The summed E-state index contributed by atoms with van der Waals surface area (Å²) >= 11 is 12.8. The molecule has 0 radical (unpaired) electrons. The van der Waals surface area contributed by atoms with Crippen molar-refractivity contribution in [2.24, 2.45) is 0 Å². The Labute approximate surface area is 223 Å². The van der Waals surface area contributed by atoms with E-state index in [-0.39, 0.29) is 30.8 Å². The first kappa shape index (κ1) is 27.6. The van der Waals surface area contributed by atoms with Crippen molar-refractivity contribution in [1.29, 1.82) is 0 Å². The minimum absolute atomic E-state index is 0.0234. The lowest BCUT2D eigenvalue weighted by atomic mass is 10.0. The minimum Gasteiger partial charge on any atom is -0.497 e. The fraction of sp³-hybridized carbons (Fsp3) is 0.310. The highest BCUT2D eigenvalue weighted by atomic mass is 35.5. The number of benzene rings is 3. The highest BCUT2D eigenvalue weighted by molar-refractivity contribution is 6.36. The number of hydrogen-bond donors (Lipinski definition) is 1. The summed E-state index contributed by atoms with van der Waals surface area (Å²) in [6.45, 7) is 4.19. The standard InChI is InChI=1S/C29H32Cl2N2O3/c1-4-20(2)32-29(35)27(17-21-10-6-5-7-11-21)33(19-22-12-8-13-23(16-22)36-3)28(34)18-24-25(30)14-9-15-26(24)31/h5-16,20,27H,4,17-19H2,1-3H3,(H,32,35). The van der Waals surface area contributed by atoms with E-state index >= 15 is 0 Å². The zero-order valence-electron chi connectivity index (χ0n) is 20.8. The van der Waals surface area contributed by atoms with E-state index in [0.29, 0.717) is 27.8 Å². The van der Waals surface area contributed by atoms with Gasteiger partial charge in [-0.15, -0.1) is 0 Å². The summed E-state index contributed by atoms with van der Waals surface area (Å²) in [6, 6.07) is 21.6. The molecular weight excluding hydrogens is 495 g/mol. The Bertz CT molecular complexity index is 1150. The van der Waals surface area contributed by atoms with Crippen molar-refractivity contribution in [3.8, 4) is 5.75 Å². The molecule has 3 aromatic carbocycles. The number of rotatable bonds is 11. The molecule has 2 amide bonds. The van der Waals surface area contributed by atoms with E-state index in [1.165, 1.54) is 0 Å². The van der Waals surface area contributed by atoms with Gasteiger partial charge in [-0.05, 0) is 54.3 Å². The first-order valence-electron chi connectivity index (χ1n) is 12.0. The average Bonchev–Trinajstić information content (AvgIpc) is 2.88. The van der Waals surface area contributed by atoms with Gasteiger partial charge in [0.05, 0.1) is 13.5 Å². The summed E-state index contributed by atoms with van der Waals surface area (Å²) < 4.78 is 5.38. The smallest absolute Gasteiger partial charge is 0.243 e. The molecule has 0 aliphatic rings. The molecule has 2 unspecified atom stereocenters. The SMILES string of the molecule is CCC(C)NC(=O)C(Cc1ccccc1)N(Cc1cccc(OC)c1)C(=O)Cc1c(Cl)cccc1Cl. The maximum absolute atomic E-state index is 13.9. The summed E-state index contributed by atoms with van der Waals surface area (Å²) in [7, 11) is 1.60. The highest BCUT2D eigenvalue weighted by Gasteiger charge is 2.31. The molecule has 3 aromatic rings. The third-order valence-electron chi connectivity index (χ3n) is 6.15. The molecule has 7 heteroatoms. The molecule has 0 bridgehead atoms. The lowest BCUT2D eigenvalue weighted by Gasteiger charge is -2.32. The third kappa shape index (κ3) is 7.49. The maximum Gasteiger partial charge on any atom is 0.243 e. The monoisotopic (exact) mass is 526 g/mol. The number of nitrogens with zero attached hydrogens (tertiary/aromatic N) is 1. The molecular formula is C29H32Cl2N2O3. The Balaban J connectivity index is 2.02. The van der Waals surface area contributed by atoms with E-state index in [4.69, 9.17) is 27.9 Å². The number of carbonyl (C=O) groups excluding carboxylic acids is 2. The summed E-state index contributed by atoms with van der Waals surface area (Å²) in [5.41, 5.74) is 2.35. The topological polar surface area (TPSA) is 58.6 Å². The highest BCUT2D eigenvalue weighted by Crippen LogP contribution is 2.26. The molecule has 36 heavy (non-hydrogen) atoms. The van der Waals surface area contributed by atoms with E-state index in [1.54, 1.807) is 30.2 Å². The van der Waals surface area contributed by atoms with Gasteiger partial charge in [-0.1, -0.05) is 78.7 Å². The van der Waals surface area contributed by atoms with Crippen molar-refractivity contribution in [2.75, 3.05) is 7.11 Å². The van der Waals surface area contributed by atoms with Crippen molar-refractivity contribution in [3.05, 3.63) is 99.5 Å². The molecule has 1 N–H and O–H groups in total. The molecule has 0 aliphatic carbocycles. The van der Waals surface area contributed by atoms with Crippen molar-refractivity contribution in [2.45, 2.75) is 51.7 Å². The third-order valence-corrected chi connectivity index (χ3v) is 6.86. The fourth-order valence-electron chi connectivity index (χ4n) is 3.92. The Hall–Kier alpha value is -3.02. The van der Waals surface area contributed by atoms with Crippen LogP contribution in [-0.2, 0) is 29.0 Å². The maximum atomic E-state index is 13.9.